The molecule has 0 radical (unpaired) electrons. The molecule has 5 nitrogen and oxygen atoms in total. The Morgan fingerprint density at radius 1 is 1.00 bits per heavy atom. The minimum Gasteiger partial charge on any atom is -0.495 e. The zero-order valence-electron chi connectivity index (χ0n) is 15.7. The van der Waals surface area contributed by atoms with Crippen molar-refractivity contribution in [2.24, 2.45) is 0 Å². The molecular weight excluding hydrogens is 360 g/mol. The third kappa shape index (κ3) is 5.34. The first kappa shape index (κ1) is 19.0. The summed E-state index contributed by atoms with van der Waals surface area (Å²) in [4.78, 5) is 8.94. The standard InChI is InChI=1S/C21H23ClN4O/c1-14-7-8-19(27-3)18(11-14)26-21-13-20(24-15(2)25-21)23-10-9-16-5-4-6-17(22)12-16/h4-8,11-13H,9-10H2,1-3H3,(H2,23,24,25,26). The van der Waals surface area contributed by atoms with Gasteiger partial charge in [0, 0.05) is 17.6 Å². The number of ether oxygens (including phenoxy) is 1. The molecule has 0 saturated carbocycles. The Hall–Kier alpha value is -2.79. The van der Waals surface area contributed by atoms with E-state index in [9.17, 15) is 0 Å². The number of benzene rings is 2. The molecule has 0 fully saturated rings. The second-order valence-corrected chi connectivity index (χ2v) is 6.76. The molecule has 27 heavy (non-hydrogen) atoms. The van der Waals surface area contributed by atoms with Gasteiger partial charge in [-0.25, -0.2) is 9.97 Å². The van der Waals surface area contributed by atoms with Crippen molar-refractivity contribution >= 4 is 28.9 Å². The van der Waals surface area contributed by atoms with Gasteiger partial charge in [0.25, 0.3) is 0 Å². The summed E-state index contributed by atoms with van der Waals surface area (Å²) in [6.45, 7) is 4.67. The van der Waals surface area contributed by atoms with Crippen LogP contribution in [0.5, 0.6) is 5.75 Å². The van der Waals surface area contributed by atoms with Gasteiger partial charge in [0.15, 0.2) is 0 Å². The van der Waals surface area contributed by atoms with Gasteiger partial charge < -0.3 is 15.4 Å². The lowest BCUT2D eigenvalue weighted by Crippen LogP contribution is -2.08. The van der Waals surface area contributed by atoms with Crippen LogP contribution in [0.3, 0.4) is 0 Å². The van der Waals surface area contributed by atoms with Crippen LogP contribution >= 0.6 is 11.6 Å². The van der Waals surface area contributed by atoms with Crippen LogP contribution in [-0.2, 0) is 6.42 Å². The van der Waals surface area contributed by atoms with Crippen LogP contribution in [-0.4, -0.2) is 23.6 Å². The van der Waals surface area contributed by atoms with Crippen molar-refractivity contribution in [3.63, 3.8) is 0 Å². The minimum atomic E-state index is 0.692. The molecule has 3 aromatic rings. The van der Waals surface area contributed by atoms with Gasteiger partial charge in [-0.15, -0.1) is 0 Å². The summed E-state index contributed by atoms with van der Waals surface area (Å²) in [5, 5.41) is 7.44. The molecule has 0 amide bonds. The number of hydrogen-bond acceptors (Lipinski definition) is 5. The second-order valence-electron chi connectivity index (χ2n) is 6.32. The van der Waals surface area contributed by atoms with Crippen LogP contribution in [0.4, 0.5) is 17.3 Å². The van der Waals surface area contributed by atoms with Crippen LogP contribution < -0.4 is 15.4 Å². The van der Waals surface area contributed by atoms with Gasteiger partial charge in [0.1, 0.15) is 23.2 Å². The van der Waals surface area contributed by atoms with Crippen molar-refractivity contribution in [3.8, 4) is 5.75 Å². The van der Waals surface area contributed by atoms with Crippen molar-refractivity contribution in [2.45, 2.75) is 20.3 Å². The Morgan fingerprint density at radius 3 is 2.59 bits per heavy atom. The van der Waals surface area contributed by atoms with Crippen molar-refractivity contribution in [1.29, 1.82) is 0 Å². The fourth-order valence-electron chi connectivity index (χ4n) is 2.81. The maximum atomic E-state index is 6.04. The third-order valence-corrected chi connectivity index (χ3v) is 4.30. The number of aromatic nitrogens is 2. The van der Waals surface area contributed by atoms with Gasteiger partial charge in [-0.2, -0.15) is 0 Å². The van der Waals surface area contributed by atoms with E-state index in [2.05, 4.69) is 26.7 Å². The van der Waals surface area contributed by atoms with E-state index in [-0.39, 0.29) is 0 Å². The Balaban J connectivity index is 1.70. The molecule has 0 bridgehead atoms. The normalized spacial score (nSPS) is 10.5. The van der Waals surface area contributed by atoms with Gasteiger partial charge in [0.2, 0.25) is 0 Å². The Labute approximate surface area is 164 Å². The highest BCUT2D eigenvalue weighted by Gasteiger charge is 2.07. The third-order valence-electron chi connectivity index (χ3n) is 4.06. The largest absolute Gasteiger partial charge is 0.495 e. The van der Waals surface area contributed by atoms with E-state index in [0.717, 1.165) is 46.6 Å². The smallest absolute Gasteiger partial charge is 0.142 e. The number of aryl methyl sites for hydroxylation is 2. The lowest BCUT2D eigenvalue weighted by Gasteiger charge is -2.13. The molecule has 3 rings (SSSR count). The van der Waals surface area contributed by atoms with Crippen molar-refractivity contribution in [3.05, 3.63) is 70.5 Å². The molecule has 1 heterocycles. The summed E-state index contributed by atoms with van der Waals surface area (Å²) in [6, 6.07) is 15.8. The molecule has 2 aromatic carbocycles. The van der Waals surface area contributed by atoms with E-state index in [0.29, 0.717) is 5.82 Å². The average Bonchev–Trinajstić information content (AvgIpc) is 2.61. The monoisotopic (exact) mass is 382 g/mol. The maximum absolute atomic E-state index is 6.04. The summed E-state index contributed by atoms with van der Waals surface area (Å²) in [5.74, 6) is 2.96. The first-order valence-electron chi connectivity index (χ1n) is 8.79. The quantitative estimate of drug-likeness (QED) is 0.591. The molecule has 0 aliphatic rings. The van der Waals surface area contributed by atoms with E-state index < -0.39 is 0 Å². The van der Waals surface area contributed by atoms with E-state index in [1.54, 1.807) is 7.11 Å². The molecule has 0 spiro atoms. The van der Waals surface area contributed by atoms with E-state index in [1.165, 1.54) is 5.56 Å². The number of nitrogens with one attached hydrogen (secondary N) is 2. The summed E-state index contributed by atoms with van der Waals surface area (Å²) in [7, 11) is 1.66. The van der Waals surface area contributed by atoms with Crippen LogP contribution in [0.25, 0.3) is 0 Å². The van der Waals surface area contributed by atoms with Crippen molar-refractivity contribution in [1.82, 2.24) is 9.97 Å². The maximum Gasteiger partial charge on any atom is 0.142 e. The Kier molecular flexibility index (Phi) is 6.14. The van der Waals surface area contributed by atoms with Crippen LogP contribution in [0.1, 0.15) is 17.0 Å². The van der Waals surface area contributed by atoms with E-state index in [4.69, 9.17) is 16.3 Å². The van der Waals surface area contributed by atoms with Gasteiger partial charge in [-0.3, -0.25) is 0 Å². The number of methoxy groups -OCH3 is 1. The van der Waals surface area contributed by atoms with Crippen LogP contribution in [0, 0.1) is 13.8 Å². The zero-order chi connectivity index (χ0) is 19.2. The molecule has 0 atom stereocenters. The van der Waals surface area contributed by atoms with Crippen LogP contribution in [0.15, 0.2) is 48.5 Å². The molecule has 2 N–H and O–H groups in total. The number of nitrogens with zero attached hydrogens (tertiary/aromatic N) is 2. The van der Waals surface area contributed by atoms with Crippen molar-refractivity contribution in [2.75, 3.05) is 24.3 Å². The Morgan fingerprint density at radius 2 is 1.81 bits per heavy atom. The topological polar surface area (TPSA) is 59.1 Å². The molecule has 0 saturated heterocycles. The predicted octanol–water partition coefficient (Wildman–Crippen LogP) is 5.15. The second kappa shape index (κ2) is 8.73. The highest BCUT2D eigenvalue weighted by molar-refractivity contribution is 6.30. The average molecular weight is 383 g/mol. The SMILES string of the molecule is COc1ccc(C)cc1Nc1cc(NCCc2cccc(Cl)c2)nc(C)n1. The van der Waals surface area contributed by atoms with Crippen molar-refractivity contribution < 1.29 is 4.74 Å². The summed E-state index contributed by atoms with van der Waals surface area (Å²) in [6.07, 6.45) is 0.859. The summed E-state index contributed by atoms with van der Waals surface area (Å²) in [5.41, 5.74) is 3.20. The fraction of sp³-hybridized carbons (Fsp3) is 0.238. The number of rotatable bonds is 7. The van der Waals surface area contributed by atoms with Crippen LogP contribution in [0.2, 0.25) is 5.02 Å². The number of anilines is 3. The van der Waals surface area contributed by atoms with Gasteiger partial charge >= 0.3 is 0 Å². The lowest BCUT2D eigenvalue weighted by atomic mass is 10.1. The molecule has 0 aliphatic carbocycles. The number of hydrogen-bond donors (Lipinski definition) is 2. The molecule has 0 aliphatic heterocycles. The molecule has 1 aromatic heterocycles. The molecule has 0 unspecified atom stereocenters. The Bertz CT molecular complexity index is 930. The van der Waals surface area contributed by atoms with Gasteiger partial charge in [0.05, 0.1) is 12.8 Å². The van der Waals surface area contributed by atoms with E-state index >= 15 is 0 Å². The first-order valence-corrected chi connectivity index (χ1v) is 9.17. The summed E-state index contributed by atoms with van der Waals surface area (Å²) < 4.78 is 5.42. The number of halogens is 1. The molecule has 6 heteroatoms. The highest BCUT2D eigenvalue weighted by atomic mass is 35.5. The van der Waals surface area contributed by atoms with E-state index in [1.807, 2.05) is 56.3 Å². The highest BCUT2D eigenvalue weighted by Crippen LogP contribution is 2.28. The lowest BCUT2D eigenvalue weighted by molar-refractivity contribution is 0.416. The first-order chi connectivity index (χ1) is 13.0. The zero-order valence-corrected chi connectivity index (χ0v) is 16.5. The minimum absolute atomic E-state index is 0.692. The molecular formula is C21H23ClN4O. The summed E-state index contributed by atoms with van der Waals surface area (Å²) >= 11 is 6.04. The molecule has 140 valence electrons. The van der Waals surface area contributed by atoms with Gasteiger partial charge in [-0.1, -0.05) is 29.8 Å². The predicted molar refractivity (Wildman–Crippen MR) is 111 cm³/mol. The van der Waals surface area contributed by atoms with Gasteiger partial charge in [-0.05, 0) is 55.7 Å². The fourth-order valence-corrected chi connectivity index (χ4v) is 3.02.